The normalized spacial score (nSPS) is 25.3. The summed E-state index contributed by atoms with van der Waals surface area (Å²) in [4.78, 5) is 21.0. The van der Waals surface area contributed by atoms with Gasteiger partial charge < -0.3 is 0 Å². The van der Waals surface area contributed by atoms with Gasteiger partial charge in [0.2, 0.25) is 5.95 Å². The molecule has 0 N–H and O–H groups in total. The lowest BCUT2D eigenvalue weighted by molar-refractivity contribution is 0.0310. The number of fused-ring (bicyclic) bond motifs is 4. The fraction of sp³-hybridized carbons (Fsp3) is 0.640. The lowest BCUT2D eigenvalue weighted by atomic mass is 9.64. The minimum Gasteiger partial charge on any atom is -0.273 e. The van der Waals surface area contributed by atoms with Crippen LogP contribution in [0.15, 0.2) is 24.3 Å². The predicted octanol–water partition coefficient (Wildman–Crippen LogP) is 5.59. The second-order valence-corrected chi connectivity index (χ2v) is 9.95. The predicted molar refractivity (Wildman–Crippen MR) is 119 cm³/mol. The molecule has 5 heteroatoms. The first-order valence-corrected chi connectivity index (χ1v) is 11.9. The number of carbonyl (C=O) groups excluding carboxylic acids is 1. The number of aryl methyl sites for hydroxylation is 1. The average Bonchev–Trinajstić information content (AvgIpc) is 3.21. The SMILES string of the molecule is Cc1ccccc1C(=O)N1c2nc(C(C)C)nn2C2(CCCCC2)[C@@H]2CCCC[C@@H]21. The smallest absolute Gasteiger partial charge is 0.261 e. The first-order valence-electron chi connectivity index (χ1n) is 11.9. The van der Waals surface area contributed by atoms with E-state index >= 15 is 0 Å². The van der Waals surface area contributed by atoms with Gasteiger partial charge >= 0.3 is 0 Å². The Morgan fingerprint density at radius 3 is 2.53 bits per heavy atom. The Hall–Kier alpha value is -2.17. The maximum absolute atomic E-state index is 13.9. The van der Waals surface area contributed by atoms with Crippen LogP contribution >= 0.6 is 0 Å². The molecule has 1 aromatic carbocycles. The van der Waals surface area contributed by atoms with Crippen molar-refractivity contribution in [3.8, 4) is 0 Å². The van der Waals surface area contributed by atoms with Crippen molar-refractivity contribution < 1.29 is 4.79 Å². The summed E-state index contributed by atoms with van der Waals surface area (Å²) >= 11 is 0. The molecule has 1 aromatic heterocycles. The lowest BCUT2D eigenvalue weighted by Crippen LogP contribution is -2.61. The van der Waals surface area contributed by atoms with E-state index < -0.39 is 0 Å². The Bertz CT molecular complexity index is 940. The Kier molecular flexibility index (Phi) is 4.95. The van der Waals surface area contributed by atoms with Crippen LogP contribution < -0.4 is 4.90 Å². The van der Waals surface area contributed by atoms with Crippen LogP contribution in [0.4, 0.5) is 5.95 Å². The largest absolute Gasteiger partial charge is 0.273 e. The van der Waals surface area contributed by atoms with Crippen LogP contribution in [0.5, 0.6) is 0 Å². The van der Waals surface area contributed by atoms with Crippen molar-refractivity contribution in [1.82, 2.24) is 14.8 Å². The number of amides is 1. The van der Waals surface area contributed by atoms with Crippen molar-refractivity contribution in [2.24, 2.45) is 5.92 Å². The molecule has 2 aromatic rings. The molecule has 2 atom stereocenters. The number of rotatable bonds is 2. The van der Waals surface area contributed by atoms with E-state index in [-0.39, 0.29) is 23.4 Å². The zero-order chi connectivity index (χ0) is 20.9. The van der Waals surface area contributed by atoms with Crippen LogP contribution in [0.25, 0.3) is 0 Å². The van der Waals surface area contributed by atoms with E-state index in [1.165, 1.54) is 51.4 Å². The molecule has 2 saturated carbocycles. The van der Waals surface area contributed by atoms with Crippen molar-refractivity contribution >= 4 is 11.9 Å². The Balaban J connectivity index is 1.69. The molecule has 1 spiro atoms. The van der Waals surface area contributed by atoms with Gasteiger partial charge in [0.1, 0.15) is 0 Å². The maximum Gasteiger partial charge on any atom is 0.261 e. The standard InChI is InChI=1S/C25H34N4O/c1-17(2)22-26-24-28(23(30)19-12-6-5-11-18(19)3)21-14-8-7-13-20(21)25(29(24)27-22)15-9-4-10-16-25/h5-6,11-12,17,20-21H,4,7-10,13-16H2,1-3H3/t20-,21+/m1/s1. The first kappa shape index (κ1) is 19.8. The van der Waals surface area contributed by atoms with E-state index in [1.807, 2.05) is 36.1 Å². The summed E-state index contributed by atoms with van der Waals surface area (Å²) < 4.78 is 2.23. The third-order valence-electron chi connectivity index (χ3n) is 7.83. The molecule has 1 aliphatic heterocycles. The Morgan fingerprint density at radius 2 is 1.80 bits per heavy atom. The molecule has 5 rings (SSSR count). The van der Waals surface area contributed by atoms with Crippen molar-refractivity contribution in [2.75, 3.05) is 4.90 Å². The second kappa shape index (κ2) is 7.51. The number of carbonyl (C=O) groups is 1. The van der Waals surface area contributed by atoms with Gasteiger partial charge in [-0.05, 0) is 44.2 Å². The fourth-order valence-corrected chi connectivity index (χ4v) is 6.30. The van der Waals surface area contributed by atoms with Gasteiger partial charge in [0.15, 0.2) is 5.82 Å². The van der Waals surface area contributed by atoms with Crippen LogP contribution in [0, 0.1) is 12.8 Å². The number of benzene rings is 1. The lowest BCUT2D eigenvalue weighted by Gasteiger charge is -2.55. The summed E-state index contributed by atoms with van der Waals surface area (Å²) in [6.45, 7) is 6.33. The molecule has 1 amide bonds. The summed E-state index contributed by atoms with van der Waals surface area (Å²) in [7, 11) is 0. The van der Waals surface area contributed by atoms with E-state index in [2.05, 4.69) is 18.5 Å². The molecular formula is C25H34N4O. The zero-order valence-corrected chi connectivity index (χ0v) is 18.6. The van der Waals surface area contributed by atoms with Gasteiger partial charge in [-0.15, -0.1) is 0 Å². The molecule has 0 saturated heterocycles. The summed E-state index contributed by atoms with van der Waals surface area (Å²) in [5, 5.41) is 5.08. The van der Waals surface area contributed by atoms with Gasteiger partial charge in [-0.1, -0.05) is 64.2 Å². The molecule has 2 aliphatic carbocycles. The highest BCUT2D eigenvalue weighted by molar-refractivity contribution is 6.06. The number of hydrogen-bond donors (Lipinski definition) is 0. The second-order valence-electron chi connectivity index (χ2n) is 9.95. The van der Waals surface area contributed by atoms with Crippen LogP contribution in [0.2, 0.25) is 0 Å². The molecule has 5 nitrogen and oxygen atoms in total. The summed E-state index contributed by atoms with van der Waals surface area (Å²) in [6, 6.07) is 8.20. The van der Waals surface area contributed by atoms with Gasteiger partial charge in [0.05, 0.1) is 5.54 Å². The van der Waals surface area contributed by atoms with Crippen molar-refractivity contribution in [2.45, 2.75) is 96.1 Å². The van der Waals surface area contributed by atoms with E-state index in [0.717, 1.165) is 29.3 Å². The molecule has 3 aliphatic rings. The van der Waals surface area contributed by atoms with Crippen LogP contribution in [-0.2, 0) is 5.54 Å². The van der Waals surface area contributed by atoms with Gasteiger partial charge in [0, 0.05) is 23.4 Å². The van der Waals surface area contributed by atoms with Gasteiger partial charge in [-0.2, -0.15) is 10.1 Å². The molecular weight excluding hydrogens is 372 g/mol. The number of hydrogen-bond acceptors (Lipinski definition) is 3. The first-order chi connectivity index (χ1) is 14.5. The zero-order valence-electron chi connectivity index (χ0n) is 18.6. The summed E-state index contributed by atoms with van der Waals surface area (Å²) in [5.74, 6) is 2.50. The summed E-state index contributed by atoms with van der Waals surface area (Å²) in [5.41, 5.74) is 1.87. The van der Waals surface area contributed by atoms with Crippen LogP contribution in [-0.4, -0.2) is 26.7 Å². The Labute approximate surface area is 179 Å². The number of nitrogens with zero attached hydrogens (tertiary/aromatic N) is 4. The molecule has 2 heterocycles. The molecule has 0 radical (unpaired) electrons. The third-order valence-corrected chi connectivity index (χ3v) is 7.83. The van der Waals surface area contributed by atoms with Crippen molar-refractivity contribution in [3.63, 3.8) is 0 Å². The molecule has 0 bridgehead atoms. The highest BCUT2D eigenvalue weighted by atomic mass is 16.2. The highest BCUT2D eigenvalue weighted by Gasteiger charge is 2.55. The maximum atomic E-state index is 13.9. The van der Waals surface area contributed by atoms with Crippen LogP contribution in [0.3, 0.4) is 0 Å². The topological polar surface area (TPSA) is 51.0 Å². The minimum atomic E-state index is 0.0430. The van der Waals surface area contributed by atoms with E-state index in [9.17, 15) is 4.79 Å². The third kappa shape index (κ3) is 2.92. The van der Waals surface area contributed by atoms with Gasteiger partial charge in [0.25, 0.3) is 5.91 Å². The van der Waals surface area contributed by atoms with Gasteiger partial charge in [-0.25, -0.2) is 4.68 Å². The highest BCUT2D eigenvalue weighted by Crippen LogP contribution is 2.53. The molecule has 2 fully saturated rings. The molecule has 0 unspecified atom stereocenters. The Morgan fingerprint density at radius 1 is 1.07 bits per heavy atom. The monoisotopic (exact) mass is 406 g/mol. The van der Waals surface area contributed by atoms with E-state index in [4.69, 9.17) is 10.1 Å². The van der Waals surface area contributed by atoms with Gasteiger partial charge in [-0.3, -0.25) is 9.69 Å². The molecule has 160 valence electrons. The van der Waals surface area contributed by atoms with E-state index in [0.29, 0.717) is 5.92 Å². The minimum absolute atomic E-state index is 0.0430. The molecule has 30 heavy (non-hydrogen) atoms. The quantitative estimate of drug-likeness (QED) is 0.653. The number of aromatic nitrogens is 3. The van der Waals surface area contributed by atoms with Crippen LogP contribution in [0.1, 0.15) is 99.3 Å². The van der Waals surface area contributed by atoms with E-state index in [1.54, 1.807) is 0 Å². The van der Waals surface area contributed by atoms with Crippen molar-refractivity contribution in [3.05, 3.63) is 41.2 Å². The van der Waals surface area contributed by atoms with Crippen molar-refractivity contribution in [1.29, 1.82) is 0 Å². The average molecular weight is 407 g/mol. The fourth-order valence-electron chi connectivity index (χ4n) is 6.30. The number of anilines is 1. The summed E-state index contributed by atoms with van der Waals surface area (Å²) in [6.07, 6.45) is 10.9.